The highest BCUT2D eigenvalue weighted by Gasteiger charge is 2.21. The van der Waals surface area contributed by atoms with Crippen molar-refractivity contribution in [3.05, 3.63) is 42.6 Å². The summed E-state index contributed by atoms with van der Waals surface area (Å²) in [6, 6.07) is 6.22. The maximum absolute atomic E-state index is 5.34. The molecule has 0 aromatic carbocycles. The minimum absolute atomic E-state index is 0.461. The lowest BCUT2D eigenvalue weighted by Crippen LogP contribution is -2.46. The quantitative estimate of drug-likeness (QED) is 0.906. The fourth-order valence-corrected chi connectivity index (χ4v) is 2.44. The average molecular weight is 258 g/mol. The Bertz CT molecular complexity index is 485. The van der Waals surface area contributed by atoms with Gasteiger partial charge in [0.2, 0.25) is 5.95 Å². The van der Waals surface area contributed by atoms with Crippen LogP contribution in [0.5, 0.6) is 0 Å². The van der Waals surface area contributed by atoms with Crippen LogP contribution in [0.15, 0.2) is 41.3 Å². The minimum atomic E-state index is 0.461. The molecule has 1 saturated heterocycles. The van der Waals surface area contributed by atoms with E-state index in [1.807, 2.05) is 18.2 Å². The van der Waals surface area contributed by atoms with Crippen molar-refractivity contribution in [3.8, 4) is 0 Å². The van der Waals surface area contributed by atoms with Crippen molar-refractivity contribution < 1.29 is 4.42 Å². The number of hydrogen-bond acceptors (Lipinski definition) is 5. The Morgan fingerprint density at radius 3 is 3.00 bits per heavy atom. The molecule has 3 rings (SSSR count). The SMILES string of the molecule is c1cnc(N2CCCC(NCc3ccco3)C2)nc1. The number of hydrogen-bond donors (Lipinski definition) is 1. The average Bonchev–Trinajstić information content (AvgIpc) is 3.00. The van der Waals surface area contributed by atoms with Crippen molar-refractivity contribution in [2.75, 3.05) is 18.0 Å². The molecule has 0 amide bonds. The number of furan rings is 1. The molecule has 0 aliphatic carbocycles. The highest BCUT2D eigenvalue weighted by Crippen LogP contribution is 2.15. The lowest BCUT2D eigenvalue weighted by Gasteiger charge is -2.33. The predicted octanol–water partition coefficient (Wildman–Crippen LogP) is 1.83. The first-order valence-electron chi connectivity index (χ1n) is 6.69. The summed E-state index contributed by atoms with van der Waals surface area (Å²) in [5.74, 6) is 1.81. The van der Waals surface area contributed by atoms with Crippen LogP contribution in [-0.4, -0.2) is 29.1 Å². The van der Waals surface area contributed by atoms with Gasteiger partial charge in [-0.05, 0) is 31.0 Å². The van der Waals surface area contributed by atoms with E-state index < -0.39 is 0 Å². The first-order chi connectivity index (χ1) is 9.42. The summed E-state index contributed by atoms with van der Waals surface area (Å²) in [5, 5.41) is 3.53. The molecule has 1 fully saturated rings. The molecule has 0 radical (unpaired) electrons. The Labute approximate surface area is 112 Å². The number of anilines is 1. The molecule has 1 aliphatic heterocycles. The van der Waals surface area contributed by atoms with Gasteiger partial charge in [-0.2, -0.15) is 0 Å². The molecule has 0 spiro atoms. The number of nitrogens with zero attached hydrogens (tertiary/aromatic N) is 3. The molecule has 100 valence electrons. The van der Waals surface area contributed by atoms with Gasteiger partial charge in [0.1, 0.15) is 5.76 Å². The van der Waals surface area contributed by atoms with Crippen molar-refractivity contribution in [1.29, 1.82) is 0 Å². The van der Waals surface area contributed by atoms with Gasteiger partial charge in [-0.1, -0.05) is 0 Å². The number of aromatic nitrogens is 2. The predicted molar refractivity (Wildman–Crippen MR) is 72.8 cm³/mol. The van der Waals surface area contributed by atoms with E-state index in [0.29, 0.717) is 6.04 Å². The fourth-order valence-electron chi connectivity index (χ4n) is 2.44. The summed E-state index contributed by atoms with van der Waals surface area (Å²) in [7, 11) is 0. The van der Waals surface area contributed by atoms with Gasteiger partial charge >= 0.3 is 0 Å². The van der Waals surface area contributed by atoms with E-state index in [2.05, 4.69) is 20.2 Å². The maximum atomic E-state index is 5.34. The number of nitrogens with one attached hydrogen (secondary N) is 1. The Kier molecular flexibility index (Phi) is 3.74. The van der Waals surface area contributed by atoms with Gasteiger partial charge in [-0.3, -0.25) is 0 Å². The monoisotopic (exact) mass is 258 g/mol. The largest absolute Gasteiger partial charge is 0.468 e. The molecule has 0 saturated carbocycles. The third kappa shape index (κ3) is 3.12. The molecule has 5 nitrogen and oxygen atoms in total. The van der Waals surface area contributed by atoms with Gasteiger partial charge < -0.3 is 14.6 Å². The maximum Gasteiger partial charge on any atom is 0.225 e. The van der Waals surface area contributed by atoms with Crippen LogP contribution in [0.25, 0.3) is 0 Å². The van der Waals surface area contributed by atoms with Gasteiger partial charge in [-0.15, -0.1) is 0 Å². The van der Waals surface area contributed by atoms with Crippen molar-refractivity contribution in [3.63, 3.8) is 0 Å². The second kappa shape index (κ2) is 5.84. The van der Waals surface area contributed by atoms with Gasteiger partial charge in [0.25, 0.3) is 0 Å². The Hall–Kier alpha value is -1.88. The van der Waals surface area contributed by atoms with E-state index in [1.54, 1.807) is 18.7 Å². The van der Waals surface area contributed by atoms with Gasteiger partial charge in [-0.25, -0.2) is 9.97 Å². The molecule has 19 heavy (non-hydrogen) atoms. The molecule has 5 heteroatoms. The molecule has 2 aromatic heterocycles. The number of rotatable bonds is 4. The van der Waals surface area contributed by atoms with E-state index in [4.69, 9.17) is 4.42 Å². The lowest BCUT2D eigenvalue weighted by molar-refractivity contribution is 0.393. The second-order valence-electron chi connectivity index (χ2n) is 4.79. The minimum Gasteiger partial charge on any atom is -0.468 e. The van der Waals surface area contributed by atoms with Gasteiger partial charge in [0.15, 0.2) is 0 Å². The normalized spacial score (nSPS) is 19.6. The van der Waals surface area contributed by atoms with Crippen molar-refractivity contribution in [2.45, 2.75) is 25.4 Å². The summed E-state index contributed by atoms with van der Waals surface area (Å²) in [4.78, 5) is 10.9. The van der Waals surface area contributed by atoms with Crippen LogP contribution in [0, 0.1) is 0 Å². The van der Waals surface area contributed by atoms with Crippen LogP contribution < -0.4 is 10.2 Å². The second-order valence-corrected chi connectivity index (χ2v) is 4.79. The zero-order valence-electron chi connectivity index (χ0n) is 10.8. The summed E-state index contributed by atoms with van der Waals surface area (Å²) in [5.41, 5.74) is 0. The Morgan fingerprint density at radius 1 is 1.32 bits per heavy atom. The van der Waals surface area contributed by atoms with E-state index in [-0.39, 0.29) is 0 Å². The van der Waals surface area contributed by atoms with Crippen LogP contribution in [0.2, 0.25) is 0 Å². The van der Waals surface area contributed by atoms with Crippen LogP contribution in [0.3, 0.4) is 0 Å². The smallest absolute Gasteiger partial charge is 0.225 e. The van der Waals surface area contributed by atoms with E-state index >= 15 is 0 Å². The Balaban J connectivity index is 1.56. The zero-order valence-corrected chi connectivity index (χ0v) is 10.8. The summed E-state index contributed by atoms with van der Waals surface area (Å²) in [6.45, 7) is 2.76. The van der Waals surface area contributed by atoms with Crippen LogP contribution in [0.1, 0.15) is 18.6 Å². The fraction of sp³-hybridized carbons (Fsp3) is 0.429. The standard InChI is InChI=1S/C14H18N4O/c1-4-12(17-10-13-5-2-9-19-13)11-18(8-1)14-15-6-3-7-16-14/h2-3,5-7,9,12,17H,1,4,8,10-11H2. The molecule has 3 heterocycles. The third-order valence-corrected chi connectivity index (χ3v) is 3.40. The Morgan fingerprint density at radius 2 is 2.21 bits per heavy atom. The van der Waals surface area contributed by atoms with E-state index in [1.165, 1.54) is 6.42 Å². The number of piperidine rings is 1. The van der Waals surface area contributed by atoms with Gasteiger partial charge in [0.05, 0.1) is 12.8 Å². The lowest BCUT2D eigenvalue weighted by atomic mass is 10.1. The molecule has 0 bridgehead atoms. The van der Waals surface area contributed by atoms with Crippen LogP contribution in [-0.2, 0) is 6.54 Å². The molecule has 2 aromatic rings. The first-order valence-corrected chi connectivity index (χ1v) is 6.69. The van der Waals surface area contributed by atoms with Crippen molar-refractivity contribution in [2.24, 2.45) is 0 Å². The van der Waals surface area contributed by atoms with Crippen molar-refractivity contribution in [1.82, 2.24) is 15.3 Å². The summed E-state index contributed by atoms with van der Waals surface area (Å²) >= 11 is 0. The molecular formula is C14H18N4O. The van der Waals surface area contributed by atoms with Crippen LogP contribution in [0.4, 0.5) is 5.95 Å². The van der Waals surface area contributed by atoms with E-state index in [0.717, 1.165) is 37.8 Å². The van der Waals surface area contributed by atoms with Crippen molar-refractivity contribution >= 4 is 5.95 Å². The molecular weight excluding hydrogens is 240 g/mol. The molecule has 1 atom stereocenters. The first kappa shape index (κ1) is 12.2. The summed E-state index contributed by atoms with van der Waals surface area (Å²) < 4.78 is 5.34. The molecule has 1 aliphatic rings. The topological polar surface area (TPSA) is 54.2 Å². The highest BCUT2D eigenvalue weighted by atomic mass is 16.3. The highest BCUT2D eigenvalue weighted by molar-refractivity contribution is 5.29. The molecule has 1 N–H and O–H groups in total. The molecule has 1 unspecified atom stereocenters. The third-order valence-electron chi connectivity index (χ3n) is 3.40. The van der Waals surface area contributed by atoms with E-state index in [9.17, 15) is 0 Å². The van der Waals surface area contributed by atoms with Gasteiger partial charge in [0, 0.05) is 31.5 Å². The summed E-state index contributed by atoms with van der Waals surface area (Å²) in [6.07, 6.45) is 7.64. The van der Waals surface area contributed by atoms with Crippen LogP contribution >= 0.6 is 0 Å². The zero-order chi connectivity index (χ0) is 12.9.